The van der Waals surface area contributed by atoms with Gasteiger partial charge in [0.25, 0.3) is 0 Å². The second-order valence-corrected chi connectivity index (χ2v) is 5.62. The van der Waals surface area contributed by atoms with Gasteiger partial charge >= 0.3 is 37.9 Å². The van der Waals surface area contributed by atoms with E-state index in [0.717, 1.165) is 6.42 Å². The first kappa shape index (κ1) is 19.4. The van der Waals surface area contributed by atoms with Crippen molar-refractivity contribution in [1.82, 2.24) is 0 Å². The quantitative estimate of drug-likeness (QED) is 0.650. The van der Waals surface area contributed by atoms with Crippen LogP contribution in [0.1, 0.15) is 19.8 Å². The number of halogens is 2. The average molecular weight is 299 g/mol. The average Bonchev–Trinajstić information content (AvgIpc) is 2.62. The van der Waals surface area contributed by atoms with Crippen LogP contribution in [0, 0.1) is 14.4 Å². The normalized spacial score (nSPS) is 6.46. The molecule has 0 radical (unpaired) electrons. The summed E-state index contributed by atoms with van der Waals surface area (Å²) < 4.78 is 0. The summed E-state index contributed by atoms with van der Waals surface area (Å²) in [4.78, 5) is 0. The fourth-order valence-electron chi connectivity index (χ4n) is 0.321. The van der Waals surface area contributed by atoms with E-state index in [2.05, 4.69) is 13.8 Å². The molecule has 3 heteroatoms. The Kier molecular flexibility index (Phi) is 34.3. The first-order valence-corrected chi connectivity index (χ1v) is 10.1. The molecule has 78 valence electrons. The van der Waals surface area contributed by atoms with Gasteiger partial charge in [0.2, 0.25) is 0 Å². The second-order valence-electron chi connectivity index (χ2n) is 1.89. The molecule has 0 spiro atoms. The molecule has 0 nitrogen and oxygen atoms in total. The van der Waals surface area contributed by atoms with Crippen LogP contribution in [0.3, 0.4) is 0 Å². The van der Waals surface area contributed by atoms with Crippen LogP contribution in [0.2, 0.25) is 0 Å². The molecule has 1 aromatic carbocycles. The van der Waals surface area contributed by atoms with Gasteiger partial charge in [-0.15, -0.1) is 0 Å². The molecular weight excluding hydrogens is 282 g/mol. The molecule has 0 unspecified atom stereocenters. The minimum absolute atomic E-state index is 0. The van der Waals surface area contributed by atoms with Crippen molar-refractivity contribution in [3.63, 3.8) is 0 Å². The minimum Gasteiger partial charge on any atom is -0.214 e. The van der Waals surface area contributed by atoms with E-state index in [-0.39, 0.29) is 7.43 Å². The second kappa shape index (κ2) is 23.0. The molecule has 13 heavy (non-hydrogen) atoms. The number of hydrogen-bond donors (Lipinski definition) is 0. The smallest absolute Gasteiger partial charge is 0.172 e. The predicted molar refractivity (Wildman–Crippen MR) is 60.4 cm³/mol. The van der Waals surface area contributed by atoms with E-state index in [1.54, 1.807) is 0 Å². The number of hydrogen-bond acceptors (Lipinski definition) is 0. The fourth-order valence-corrected chi connectivity index (χ4v) is 0.321. The van der Waals surface area contributed by atoms with Gasteiger partial charge in [0, 0.05) is 0 Å². The molecule has 0 amide bonds. The zero-order chi connectivity index (χ0) is 9.66. The molecule has 0 aliphatic rings. The Labute approximate surface area is 102 Å². The summed E-state index contributed by atoms with van der Waals surface area (Å²) in [7, 11) is 9.87. The Balaban J connectivity index is -0.000000116. The molecule has 1 rings (SSSR count). The Hall–Kier alpha value is 0.813. The number of rotatable bonds is 1. The van der Waals surface area contributed by atoms with Gasteiger partial charge in [0.15, 0.2) is 0 Å². The van der Waals surface area contributed by atoms with E-state index in [0.29, 0.717) is 0 Å². The van der Waals surface area contributed by atoms with Crippen molar-refractivity contribution in [2.24, 2.45) is 0 Å². The van der Waals surface area contributed by atoms with Gasteiger partial charge in [-0.2, -0.15) is 24.6 Å². The maximum Gasteiger partial charge on any atom is -0.172 e. The van der Waals surface area contributed by atoms with Gasteiger partial charge in [0.1, 0.15) is 0 Å². The molecule has 0 aromatic heterocycles. The van der Waals surface area contributed by atoms with Gasteiger partial charge in [-0.1, -0.05) is 13.3 Å². The van der Waals surface area contributed by atoms with Crippen LogP contribution in [0.15, 0.2) is 30.3 Å². The molecule has 1 aromatic rings. The predicted octanol–water partition coefficient (Wildman–Crippen LogP) is 4.85. The summed E-state index contributed by atoms with van der Waals surface area (Å²) in [6.07, 6.45) is 2.28. The van der Waals surface area contributed by atoms with Crippen molar-refractivity contribution >= 4 is 17.0 Å². The van der Waals surface area contributed by atoms with E-state index in [1.165, 1.54) is 6.42 Å². The Morgan fingerprint density at radius 2 is 1.62 bits per heavy atom. The third-order valence-corrected chi connectivity index (χ3v) is 0.909. The van der Waals surface area contributed by atoms with Crippen LogP contribution >= 0.6 is 17.0 Å². The Morgan fingerprint density at radius 1 is 1.31 bits per heavy atom. The minimum atomic E-state index is -0.826. The molecule has 0 heterocycles. The monoisotopic (exact) mass is 297 g/mol. The molecular formula is C10H17Cl2Zr-3. The van der Waals surface area contributed by atoms with E-state index < -0.39 is 20.8 Å². The molecule has 0 saturated carbocycles. The molecule has 0 atom stereocenters. The van der Waals surface area contributed by atoms with Crippen molar-refractivity contribution in [2.45, 2.75) is 19.8 Å². The van der Waals surface area contributed by atoms with Crippen LogP contribution in [-0.4, -0.2) is 0 Å². The van der Waals surface area contributed by atoms with E-state index in [4.69, 9.17) is 17.0 Å². The zero-order valence-electron chi connectivity index (χ0n) is 8.26. The molecule has 0 aliphatic heterocycles. The van der Waals surface area contributed by atoms with Crippen LogP contribution < -0.4 is 0 Å². The van der Waals surface area contributed by atoms with Crippen LogP contribution in [0.4, 0.5) is 0 Å². The van der Waals surface area contributed by atoms with Crippen molar-refractivity contribution in [2.75, 3.05) is 0 Å². The van der Waals surface area contributed by atoms with Gasteiger partial charge in [-0.25, -0.2) is 12.1 Å². The van der Waals surface area contributed by atoms with Gasteiger partial charge in [-0.05, 0) is 0 Å². The summed E-state index contributed by atoms with van der Waals surface area (Å²) in [5.41, 5.74) is 0. The van der Waals surface area contributed by atoms with Crippen molar-refractivity contribution in [3.8, 4) is 0 Å². The Morgan fingerprint density at radius 3 is 1.69 bits per heavy atom. The first-order chi connectivity index (χ1) is 5.83. The summed E-state index contributed by atoms with van der Waals surface area (Å²) in [5, 5.41) is 0. The van der Waals surface area contributed by atoms with Crippen LogP contribution in [0.5, 0.6) is 0 Å². The summed E-state index contributed by atoms with van der Waals surface area (Å²) in [6, 6.07) is 10.0. The fraction of sp³-hybridized carbons (Fsp3) is 0.300. The van der Waals surface area contributed by atoms with E-state index in [1.807, 2.05) is 30.3 Å². The maximum absolute atomic E-state index is 4.93. The summed E-state index contributed by atoms with van der Waals surface area (Å²) >= 11 is -0.826. The van der Waals surface area contributed by atoms with Gasteiger partial charge < -0.3 is 14.4 Å². The van der Waals surface area contributed by atoms with Crippen LogP contribution in [-0.2, 0) is 20.8 Å². The molecule has 0 bridgehead atoms. The third-order valence-electron chi connectivity index (χ3n) is 0.909. The number of unbranched alkanes of at least 4 members (excludes halogenated alkanes) is 1. The van der Waals surface area contributed by atoms with Crippen molar-refractivity contribution in [1.29, 1.82) is 0 Å². The maximum atomic E-state index is 4.93. The zero-order valence-corrected chi connectivity index (χ0v) is 12.2. The Bertz CT molecular complexity index is 99.3. The summed E-state index contributed by atoms with van der Waals surface area (Å²) in [6.45, 7) is 5.72. The standard InChI is InChI=1S/C5H5.C4H9.CH3.2ClH.Zr/c1-2-4-5-3-1;1-3-4-2;;;;/h1-5H;1,3-4H2,2H3;1H3;2*1H;/q3*-1;;;+2/p-2. The van der Waals surface area contributed by atoms with Crippen LogP contribution in [0.25, 0.3) is 0 Å². The molecule has 0 N–H and O–H groups in total. The first-order valence-electron chi connectivity index (χ1n) is 3.75. The molecule has 0 saturated heterocycles. The van der Waals surface area contributed by atoms with Crippen molar-refractivity contribution < 1.29 is 20.8 Å². The van der Waals surface area contributed by atoms with E-state index in [9.17, 15) is 0 Å². The van der Waals surface area contributed by atoms with E-state index >= 15 is 0 Å². The van der Waals surface area contributed by atoms with Gasteiger partial charge in [0.05, 0.1) is 0 Å². The van der Waals surface area contributed by atoms with Gasteiger partial charge in [-0.3, -0.25) is 0 Å². The van der Waals surface area contributed by atoms with Crippen molar-refractivity contribution in [3.05, 3.63) is 44.7 Å². The SMILES string of the molecule is [CH2-]CCC.[CH3-].[Cl][Zr][Cl].c1cc[cH-]c1. The molecule has 0 fully saturated rings. The summed E-state index contributed by atoms with van der Waals surface area (Å²) in [5.74, 6) is 0. The largest absolute Gasteiger partial charge is 0.214 e. The molecule has 0 aliphatic carbocycles. The topological polar surface area (TPSA) is 0 Å². The third kappa shape index (κ3) is 32.3.